The standard InChI is InChI=1S/C24H20BrFN2O2/c25-18-7-5-17(6-8-18)23(29)21-3-1-2-4-22(21)24(30)28-15-13-27(14-16-28)20-11-9-19(26)10-12-20/h1-12H,13-16H2. The van der Waals surface area contributed by atoms with Crippen LogP contribution < -0.4 is 4.90 Å². The van der Waals surface area contributed by atoms with Gasteiger partial charge in [0.05, 0.1) is 5.56 Å². The molecule has 1 amide bonds. The Labute approximate surface area is 183 Å². The summed E-state index contributed by atoms with van der Waals surface area (Å²) in [5, 5.41) is 0. The van der Waals surface area contributed by atoms with E-state index in [1.165, 1.54) is 12.1 Å². The zero-order valence-electron chi connectivity index (χ0n) is 16.2. The summed E-state index contributed by atoms with van der Waals surface area (Å²) < 4.78 is 14.0. The maximum atomic E-state index is 13.2. The summed E-state index contributed by atoms with van der Waals surface area (Å²) in [6.45, 7) is 2.38. The van der Waals surface area contributed by atoms with Gasteiger partial charge in [-0.25, -0.2) is 4.39 Å². The van der Waals surface area contributed by atoms with Crippen LogP contribution in [0.15, 0.2) is 77.3 Å². The normalized spacial score (nSPS) is 13.9. The summed E-state index contributed by atoms with van der Waals surface area (Å²) in [5.74, 6) is -0.578. The number of piperazine rings is 1. The summed E-state index contributed by atoms with van der Waals surface area (Å²) in [6, 6.07) is 20.5. The highest BCUT2D eigenvalue weighted by Gasteiger charge is 2.26. The minimum absolute atomic E-state index is 0.144. The van der Waals surface area contributed by atoms with Crippen molar-refractivity contribution >= 4 is 33.3 Å². The zero-order valence-corrected chi connectivity index (χ0v) is 17.8. The molecule has 1 saturated heterocycles. The highest BCUT2D eigenvalue weighted by atomic mass is 79.9. The molecule has 0 spiro atoms. The van der Waals surface area contributed by atoms with Gasteiger partial charge in [0.1, 0.15) is 5.82 Å². The van der Waals surface area contributed by atoms with Crippen LogP contribution in [0.4, 0.5) is 10.1 Å². The van der Waals surface area contributed by atoms with Crippen molar-refractivity contribution in [2.75, 3.05) is 31.1 Å². The zero-order chi connectivity index (χ0) is 21.1. The molecule has 4 nitrogen and oxygen atoms in total. The fraction of sp³-hybridized carbons (Fsp3) is 0.167. The molecule has 0 N–H and O–H groups in total. The number of nitrogens with zero attached hydrogens (tertiary/aromatic N) is 2. The lowest BCUT2D eigenvalue weighted by Gasteiger charge is -2.36. The molecule has 0 bridgehead atoms. The van der Waals surface area contributed by atoms with Crippen molar-refractivity contribution in [2.45, 2.75) is 0 Å². The van der Waals surface area contributed by atoms with E-state index < -0.39 is 0 Å². The molecule has 0 unspecified atom stereocenters. The van der Waals surface area contributed by atoms with E-state index in [1.54, 1.807) is 53.4 Å². The summed E-state index contributed by atoms with van der Waals surface area (Å²) in [6.07, 6.45) is 0. The van der Waals surface area contributed by atoms with Crippen LogP contribution in [0.2, 0.25) is 0 Å². The maximum absolute atomic E-state index is 13.2. The molecule has 1 aliphatic heterocycles. The van der Waals surface area contributed by atoms with Gasteiger partial charge in [0.15, 0.2) is 5.78 Å². The third kappa shape index (κ3) is 4.28. The predicted octanol–water partition coefficient (Wildman–Crippen LogP) is 4.78. The molecule has 0 atom stereocenters. The molecule has 6 heteroatoms. The summed E-state index contributed by atoms with van der Waals surface area (Å²) in [4.78, 5) is 30.1. The fourth-order valence-corrected chi connectivity index (χ4v) is 3.88. The molecule has 3 aromatic carbocycles. The van der Waals surface area contributed by atoms with Crippen molar-refractivity contribution in [3.8, 4) is 0 Å². The first-order valence-electron chi connectivity index (χ1n) is 9.72. The quantitative estimate of drug-likeness (QED) is 0.519. The molecule has 0 saturated carbocycles. The van der Waals surface area contributed by atoms with Crippen molar-refractivity contribution < 1.29 is 14.0 Å². The topological polar surface area (TPSA) is 40.6 Å². The van der Waals surface area contributed by atoms with Crippen LogP contribution in [0, 0.1) is 5.82 Å². The molecule has 152 valence electrons. The van der Waals surface area contributed by atoms with Crippen LogP contribution in [0.1, 0.15) is 26.3 Å². The number of carbonyl (C=O) groups is 2. The van der Waals surface area contributed by atoms with Gasteiger partial charge >= 0.3 is 0 Å². The van der Waals surface area contributed by atoms with Crippen molar-refractivity contribution in [2.24, 2.45) is 0 Å². The summed E-state index contributed by atoms with van der Waals surface area (Å²) in [5.41, 5.74) is 2.31. The van der Waals surface area contributed by atoms with Crippen LogP contribution in [-0.2, 0) is 0 Å². The minimum atomic E-state index is -0.264. The van der Waals surface area contributed by atoms with E-state index in [-0.39, 0.29) is 17.5 Å². The van der Waals surface area contributed by atoms with E-state index in [4.69, 9.17) is 0 Å². The molecule has 0 radical (unpaired) electrons. The Kier molecular flexibility index (Phi) is 5.95. The molecule has 1 fully saturated rings. The molecule has 30 heavy (non-hydrogen) atoms. The van der Waals surface area contributed by atoms with Crippen molar-refractivity contribution in [3.63, 3.8) is 0 Å². The number of halogens is 2. The first-order valence-corrected chi connectivity index (χ1v) is 10.5. The number of rotatable bonds is 4. The van der Waals surface area contributed by atoms with Gasteiger partial charge in [0.25, 0.3) is 5.91 Å². The average Bonchev–Trinajstić information content (AvgIpc) is 2.79. The van der Waals surface area contributed by atoms with Crippen molar-refractivity contribution in [1.82, 2.24) is 4.90 Å². The van der Waals surface area contributed by atoms with E-state index in [0.717, 1.165) is 10.2 Å². The first-order chi connectivity index (χ1) is 14.5. The highest BCUT2D eigenvalue weighted by Crippen LogP contribution is 2.21. The van der Waals surface area contributed by atoms with Crippen LogP contribution in [-0.4, -0.2) is 42.8 Å². The lowest BCUT2D eigenvalue weighted by Crippen LogP contribution is -2.49. The molecule has 4 rings (SSSR count). The van der Waals surface area contributed by atoms with Crippen LogP contribution in [0.25, 0.3) is 0 Å². The largest absolute Gasteiger partial charge is 0.368 e. The highest BCUT2D eigenvalue weighted by molar-refractivity contribution is 9.10. The van der Waals surface area contributed by atoms with Gasteiger partial charge in [0, 0.05) is 47.5 Å². The van der Waals surface area contributed by atoms with Gasteiger partial charge in [-0.2, -0.15) is 0 Å². The molecule has 0 aliphatic carbocycles. The molecular weight excluding hydrogens is 447 g/mol. The van der Waals surface area contributed by atoms with Gasteiger partial charge in [-0.15, -0.1) is 0 Å². The lowest BCUT2D eigenvalue weighted by molar-refractivity contribution is 0.0742. The summed E-state index contributed by atoms with van der Waals surface area (Å²) in [7, 11) is 0. The van der Waals surface area contributed by atoms with E-state index in [9.17, 15) is 14.0 Å². The predicted molar refractivity (Wildman–Crippen MR) is 119 cm³/mol. The van der Waals surface area contributed by atoms with E-state index >= 15 is 0 Å². The van der Waals surface area contributed by atoms with Crippen LogP contribution in [0.5, 0.6) is 0 Å². The molecule has 3 aromatic rings. The Morgan fingerprint density at radius 1 is 0.767 bits per heavy atom. The monoisotopic (exact) mass is 466 g/mol. The van der Waals surface area contributed by atoms with Crippen molar-refractivity contribution in [1.29, 1.82) is 0 Å². The summed E-state index contributed by atoms with van der Waals surface area (Å²) >= 11 is 3.37. The van der Waals surface area contributed by atoms with E-state index in [1.807, 2.05) is 12.1 Å². The molecular formula is C24H20BrFN2O2. The Morgan fingerprint density at radius 2 is 1.37 bits per heavy atom. The lowest BCUT2D eigenvalue weighted by atomic mass is 9.97. The minimum Gasteiger partial charge on any atom is -0.368 e. The third-order valence-corrected chi connectivity index (χ3v) is 5.80. The SMILES string of the molecule is O=C(c1ccc(Br)cc1)c1ccccc1C(=O)N1CCN(c2ccc(F)cc2)CC1. The third-order valence-electron chi connectivity index (χ3n) is 5.27. The number of carbonyl (C=O) groups excluding carboxylic acids is 2. The Bertz CT molecular complexity index is 1060. The second kappa shape index (κ2) is 8.79. The number of hydrogen-bond donors (Lipinski definition) is 0. The second-order valence-corrected chi connectivity index (χ2v) is 8.05. The van der Waals surface area contributed by atoms with Gasteiger partial charge < -0.3 is 9.80 Å². The average molecular weight is 467 g/mol. The van der Waals surface area contributed by atoms with Crippen LogP contribution >= 0.6 is 15.9 Å². The number of benzene rings is 3. The number of ketones is 1. The molecule has 1 heterocycles. The van der Waals surface area contributed by atoms with Gasteiger partial charge in [-0.05, 0) is 54.6 Å². The van der Waals surface area contributed by atoms with Gasteiger partial charge in [-0.3, -0.25) is 9.59 Å². The Balaban J connectivity index is 1.50. The molecule has 0 aromatic heterocycles. The second-order valence-electron chi connectivity index (χ2n) is 7.14. The smallest absolute Gasteiger partial charge is 0.254 e. The maximum Gasteiger partial charge on any atom is 0.254 e. The van der Waals surface area contributed by atoms with E-state index in [2.05, 4.69) is 20.8 Å². The first kappa shape index (κ1) is 20.3. The fourth-order valence-electron chi connectivity index (χ4n) is 3.61. The van der Waals surface area contributed by atoms with E-state index in [0.29, 0.717) is 42.9 Å². The molecule has 1 aliphatic rings. The number of anilines is 1. The Morgan fingerprint density at radius 3 is 2.00 bits per heavy atom. The van der Waals surface area contributed by atoms with Crippen LogP contribution in [0.3, 0.4) is 0 Å². The van der Waals surface area contributed by atoms with Gasteiger partial charge in [-0.1, -0.05) is 34.1 Å². The number of hydrogen-bond acceptors (Lipinski definition) is 3. The van der Waals surface area contributed by atoms with Crippen molar-refractivity contribution in [3.05, 3.63) is 99.8 Å². The van der Waals surface area contributed by atoms with Gasteiger partial charge in [0.2, 0.25) is 0 Å². The number of amides is 1. The Hall–Kier alpha value is -2.99.